The Hall–Kier alpha value is -3.47. The number of hydrogen-bond acceptors (Lipinski definition) is 5. The molecule has 1 aromatic carbocycles. The lowest BCUT2D eigenvalue weighted by molar-refractivity contribution is -0.136. The zero-order valence-electron chi connectivity index (χ0n) is 17.2. The second kappa shape index (κ2) is 8.91. The summed E-state index contributed by atoms with van der Waals surface area (Å²) >= 11 is 0. The summed E-state index contributed by atoms with van der Waals surface area (Å²) < 4.78 is 1.78. The molecule has 8 heteroatoms. The normalized spacial score (nSPS) is 13.6. The molecule has 1 aliphatic rings. The number of hydrogen-bond donors (Lipinski definition) is 2. The van der Waals surface area contributed by atoms with Crippen LogP contribution >= 0.6 is 0 Å². The van der Waals surface area contributed by atoms with Gasteiger partial charge in [-0.2, -0.15) is 15.3 Å². The van der Waals surface area contributed by atoms with Crippen LogP contribution in [0.15, 0.2) is 34.5 Å². The summed E-state index contributed by atoms with van der Waals surface area (Å²) in [5.74, 6) is 1.59. The van der Waals surface area contributed by atoms with Gasteiger partial charge in [0.05, 0.1) is 11.4 Å². The minimum Gasteiger partial charge on any atom is -0.481 e. The molecule has 0 saturated carbocycles. The lowest BCUT2D eigenvalue weighted by atomic mass is 10.0. The molecule has 1 aromatic heterocycles. The maximum absolute atomic E-state index is 12.4. The minimum atomic E-state index is -0.831. The van der Waals surface area contributed by atoms with Gasteiger partial charge in [-0.15, -0.1) is 12.3 Å². The van der Waals surface area contributed by atoms with E-state index in [-0.39, 0.29) is 12.3 Å². The molecule has 156 valence electrons. The highest BCUT2D eigenvalue weighted by Gasteiger charge is 2.38. The van der Waals surface area contributed by atoms with E-state index in [0.29, 0.717) is 37.8 Å². The third-order valence-corrected chi connectivity index (χ3v) is 5.27. The van der Waals surface area contributed by atoms with Crippen LogP contribution in [0.5, 0.6) is 0 Å². The molecule has 2 aromatic rings. The Morgan fingerprint density at radius 1 is 1.20 bits per heavy atom. The minimum absolute atomic E-state index is 0.0665. The van der Waals surface area contributed by atoms with Crippen LogP contribution in [-0.4, -0.2) is 39.0 Å². The Morgan fingerprint density at radius 3 is 2.50 bits per heavy atom. The Balaban J connectivity index is 1.60. The lowest BCUT2D eigenvalue weighted by Gasteiger charge is -2.10. The summed E-state index contributed by atoms with van der Waals surface area (Å²) in [4.78, 5) is 23.3. The molecule has 0 spiro atoms. The molecule has 1 aliphatic heterocycles. The van der Waals surface area contributed by atoms with Crippen LogP contribution in [0, 0.1) is 26.2 Å². The topological polar surface area (TPSA) is 109 Å². The summed E-state index contributed by atoms with van der Waals surface area (Å²) in [6, 6.07) is 7.15. The molecule has 0 atom stereocenters. The number of nitrogens with one attached hydrogen (secondary N) is 1. The first-order chi connectivity index (χ1) is 14.3. The number of benzene rings is 1. The second-order valence-electron chi connectivity index (χ2n) is 7.39. The Morgan fingerprint density at radius 2 is 1.90 bits per heavy atom. The first-order valence-electron chi connectivity index (χ1n) is 9.88. The summed E-state index contributed by atoms with van der Waals surface area (Å²) in [7, 11) is 0. The van der Waals surface area contributed by atoms with Crippen LogP contribution in [0.25, 0.3) is 5.69 Å². The molecule has 1 amide bonds. The summed E-state index contributed by atoms with van der Waals surface area (Å²) in [5.41, 5.74) is 3.61. The number of nitrogens with zero attached hydrogens (tertiary/aromatic N) is 4. The predicted octanol–water partition coefficient (Wildman–Crippen LogP) is 3.20. The van der Waals surface area contributed by atoms with Crippen molar-refractivity contribution in [3.05, 3.63) is 46.8 Å². The van der Waals surface area contributed by atoms with E-state index in [1.54, 1.807) is 16.8 Å². The highest BCUT2D eigenvalue weighted by Crippen LogP contribution is 2.36. The molecule has 3 rings (SSSR count). The fourth-order valence-electron chi connectivity index (χ4n) is 3.42. The Labute approximate surface area is 175 Å². The number of aryl methyl sites for hydroxylation is 1. The number of aliphatic carboxylic acids is 1. The van der Waals surface area contributed by atoms with E-state index in [1.165, 1.54) is 0 Å². The van der Waals surface area contributed by atoms with Crippen molar-refractivity contribution in [3.8, 4) is 18.0 Å². The number of aromatic nitrogens is 2. The smallest absolute Gasteiger partial charge is 0.303 e. The number of carboxylic acid groups (broad SMARTS) is 1. The van der Waals surface area contributed by atoms with E-state index in [1.807, 2.05) is 26.0 Å². The molecule has 2 N–H and O–H groups in total. The quantitative estimate of drug-likeness (QED) is 0.590. The fourth-order valence-corrected chi connectivity index (χ4v) is 3.42. The van der Waals surface area contributed by atoms with Crippen molar-refractivity contribution in [2.24, 2.45) is 10.2 Å². The van der Waals surface area contributed by atoms with Gasteiger partial charge in [0.2, 0.25) is 0 Å². The number of terminal acetylenes is 1. The molecule has 0 unspecified atom stereocenters. The van der Waals surface area contributed by atoms with Crippen molar-refractivity contribution in [3.63, 3.8) is 0 Å². The first-order valence-corrected chi connectivity index (χ1v) is 9.88. The zero-order valence-corrected chi connectivity index (χ0v) is 17.2. The Bertz CT molecular complexity index is 1010. The highest BCUT2D eigenvalue weighted by molar-refractivity contribution is 5.94. The number of rotatable bonds is 10. The van der Waals surface area contributed by atoms with Gasteiger partial charge < -0.3 is 10.4 Å². The number of carbonyl (C=O) groups is 2. The van der Waals surface area contributed by atoms with Crippen LogP contribution in [0.4, 0.5) is 0 Å². The summed E-state index contributed by atoms with van der Waals surface area (Å²) in [5, 5.41) is 24.5. The summed E-state index contributed by atoms with van der Waals surface area (Å²) in [6.07, 6.45) is 7.76. The van der Waals surface area contributed by atoms with Crippen molar-refractivity contribution in [2.45, 2.75) is 51.6 Å². The maximum atomic E-state index is 12.4. The van der Waals surface area contributed by atoms with Crippen LogP contribution in [-0.2, 0) is 11.2 Å². The van der Waals surface area contributed by atoms with E-state index in [2.05, 4.69) is 26.6 Å². The van der Waals surface area contributed by atoms with Crippen LogP contribution in [0.3, 0.4) is 0 Å². The van der Waals surface area contributed by atoms with Gasteiger partial charge in [-0.05, 0) is 50.1 Å². The maximum Gasteiger partial charge on any atom is 0.303 e. The van der Waals surface area contributed by atoms with Crippen LogP contribution in [0.1, 0.15) is 53.0 Å². The van der Waals surface area contributed by atoms with Gasteiger partial charge in [0.15, 0.2) is 5.66 Å². The largest absolute Gasteiger partial charge is 0.481 e. The van der Waals surface area contributed by atoms with E-state index in [4.69, 9.17) is 11.5 Å². The van der Waals surface area contributed by atoms with Crippen molar-refractivity contribution in [1.29, 1.82) is 0 Å². The van der Waals surface area contributed by atoms with Gasteiger partial charge in [0.25, 0.3) is 5.91 Å². The van der Waals surface area contributed by atoms with E-state index in [0.717, 1.165) is 22.6 Å². The second-order valence-corrected chi connectivity index (χ2v) is 7.39. The molecular formula is C22H25N5O3. The monoisotopic (exact) mass is 407 g/mol. The molecule has 0 bridgehead atoms. The number of carboxylic acids is 1. The van der Waals surface area contributed by atoms with Gasteiger partial charge in [0, 0.05) is 43.5 Å². The summed E-state index contributed by atoms with van der Waals surface area (Å²) in [6.45, 7) is 4.27. The molecule has 0 radical (unpaired) electrons. The SMILES string of the molecule is C#CCCC1(CCNC(=O)c2ccc(-n3nc(C)c(CCC(=O)O)c3C)cc2)N=N1. The third kappa shape index (κ3) is 4.92. The van der Waals surface area contributed by atoms with Crippen LogP contribution in [0.2, 0.25) is 0 Å². The van der Waals surface area contributed by atoms with Crippen molar-refractivity contribution in [1.82, 2.24) is 15.1 Å². The van der Waals surface area contributed by atoms with E-state index < -0.39 is 11.6 Å². The first kappa shape index (κ1) is 21.2. The van der Waals surface area contributed by atoms with E-state index >= 15 is 0 Å². The number of amides is 1. The van der Waals surface area contributed by atoms with E-state index in [9.17, 15) is 9.59 Å². The standard InChI is InChI=1S/C22H25N5O3/c1-4-5-12-22(25-26-22)13-14-23-21(30)17-6-8-18(9-7-17)27-16(3)19(15(2)24-27)10-11-20(28)29/h1,6-9H,5,10-14H2,2-3H3,(H,23,30)(H,28,29). The molecular weight excluding hydrogens is 382 g/mol. The van der Waals surface area contributed by atoms with Gasteiger partial charge >= 0.3 is 5.97 Å². The van der Waals surface area contributed by atoms with Gasteiger partial charge in [-0.1, -0.05) is 0 Å². The zero-order chi connectivity index (χ0) is 21.7. The van der Waals surface area contributed by atoms with Crippen molar-refractivity contribution < 1.29 is 14.7 Å². The van der Waals surface area contributed by atoms with Gasteiger partial charge in [0.1, 0.15) is 0 Å². The predicted molar refractivity (Wildman–Crippen MR) is 112 cm³/mol. The average Bonchev–Trinajstić information content (AvgIpc) is 3.44. The molecule has 2 heterocycles. The van der Waals surface area contributed by atoms with Gasteiger partial charge in [-0.3, -0.25) is 9.59 Å². The van der Waals surface area contributed by atoms with Crippen molar-refractivity contribution in [2.75, 3.05) is 6.54 Å². The third-order valence-electron chi connectivity index (χ3n) is 5.27. The molecule has 0 aliphatic carbocycles. The molecule has 0 fully saturated rings. The molecule has 0 saturated heterocycles. The molecule has 8 nitrogen and oxygen atoms in total. The number of carbonyl (C=O) groups excluding carboxylic acids is 1. The molecule has 30 heavy (non-hydrogen) atoms. The van der Waals surface area contributed by atoms with Crippen LogP contribution < -0.4 is 5.32 Å². The average molecular weight is 407 g/mol. The highest BCUT2D eigenvalue weighted by atomic mass is 16.4. The van der Waals surface area contributed by atoms with Crippen molar-refractivity contribution >= 4 is 11.9 Å². The lowest BCUT2D eigenvalue weighted by Crippen LogP contribution is -2.28. The van der Waals surface area contributed by atoms with Gasteiger partial charge in [-0.25, -0.2) is 4.68 Å². The Kier molecular flexibility index (Phi) is 6.31. The fraction of sp³-hybridized carbons (Fsp3) is 0.409.